The molecule has 5 nitrogen and oxygen atoms in total. The predicted octanol–water partition coefficient (Wildman–Crippen LogP) is 5.68. The molecule has 1 heterocycles. The zero-order valence-electron chi connectivity index (χ0n) is 14.9. The van der Waals surface area contributed by atoms with Gasteiger partial charge in [-0.05, 0) is 50.1 Å². The van der Waals surface area contributed by atoms with Crippen LogP contribution < -0.4 is 9.47 Å². The highest BCUT2D eigenvalue weighted by Crippen LogP contribution is 2.30. The van der Waals surface area contributed by atoms with Gasteiger partial charge in [0.2, 0.25) is 5.88 Å². The quantitative estimate of drug-likeness (QED) is 0.536. The maximum atomic E-state index is 12.0. The highest BCUT2D eigenvalue weighted by Gasteiger charge is 2.19. The minimum atomic E-state index is -0.699. The molecular weight excluding hydrogens is 377 g/mol. The van der Waals surface area contributed by atoms with Gasteiger partial charge in [0, 0.05) is 6.20 Å². The SMILES string of the molecule is CCC(CC)OC(=O)[C@@H](C)Oc1ccc(Oc2ncc(Cl)cc2Cl)cc1. The van der Waals surface area contributed by atoms with E-state index in [2.05, 4.69) is 4.98 Å². The summed E-state index contributed by atoms with van der Waals surface area (Å²) in [5.41, 5.74) is 0. The van der Waals surface area contributed by atoms with E-state index in [0.717, 1.165) is 12.8 Å². The molecule has 1 atom stereocenters. The minimum Gasteiger partial charge on any atom is -0.479 e. The molecule has 0 radical (unpaired) electrons. The molecule has 2 rings (SSSR count). The summed E-state index contributed by atoms with van der Waals surface area (Å²) in [6.45, 7) is 5.62. The summed E-state index contributed by atoms with van der Waals surface area (Å²) in [7, 11) is 0. The lowest BCUT2D eigenvalue weighted by Gasteiger charge is -2.18. The predicted molar refractivity (Wildman–Crippen MR) is 101 cm³/mol. The summed E-state index contributed by atoms with van der Waals surface area (Å²) in [6, 6.07) is 8.33. The zero-order chi connectivity index (χ0) is 19.1. The molecule has 1 aromatic carbocycles. The largest absolute Gasteiger partial charge is 0.479 e. The fourth-order valence-electron chi connectivity index (χ4n) is 2.14. The van der Waals surface area contributed by atoms with Crippen molar-refractivity contribution in [2.75, 3.05) is 0 Å². The molecule has 1 aromatic heterocycles. The molecule has 0 saturated carbocycles. The van der Waals surface area contributed by atoms with Gasteiger partial charge in [-0.15, -0.1) is 0 Å². The Kier molecular flexibility index (Phi) is 7.54. The normalized spacial score (nSPS) is 11.9. The van der Waals surface area contributed by atoms with Crippen molar-refractivity contribution in [3.05, 3.63) is 46.6 Å². The fraction of sp³-hybridized carbons (Fsp3) is 0.368. The van der Waals surface area contributed by atoms with Crippen LogP contribution in [0, 0.1) is 0 Å². The van der Waals surface area contributed by atoms with Gasteiger partial charge < -0.3 is 14.2 Å². The number of benzene rings is 1. The first-order valence-electron chi connectivity index (χ1n) is 8.39. The Bertz CT molecular complexity index is 733. The number of pyridine rings is 1. The van der Waals surface area contributed by atoms with E-state index in [0.29, 0.717) is 21.5 Å². The van der Waals surface area contributed by atoms with Crippen molar-refractivity contribution in [1.29, 1.82) is 0 Å². The van der Waals surface area contributed by atoms with Crippen LogP contribution in [0.3, 0.4) is 0 Å². The minimum absolute atomic E-state index is 0.0825. The topological polar surface area (TPSA) is 57.7 Å². The van der Waals surface area contributed by atoms with Crippen molar-refractivity contribution in [2.45, 2.75) is 45.8 Å². The highest BCUT2D eigenvalue weighted by molar-refractivity contribution is 6.35. The van der Waals surface area contributed by atoms with Crippen molar-refractivity contribution in [3.8, 4) is 17.4 Å². The second kappa shape index (κ2) is 9.64. The lowest BCUT2D eigenvalue weighted by molar-refractivity contribution is -0.157. The van der Waals surface area contributed by atoms with Gasteiger partial charge in [-0.25, -0.2) is 9.78 Å². The van der Waals surface area contributed by atoms with Gasteiger partial charge in [0.1, 0.15) is 22.6 Å². The monoisotopic (exact) mass is 397 g/mol. The Balaban J connectivity index is 1.95. The van der Waals surface area contributed by atoms with Crippen molar-refractivity contribution >= 4 is 29.2 Å². The second-order valence-corrected chi connectivity index (χ2v) is 6.49. The van der Waals surface area contributed by atoms with Gasteiger partial charge in [-0.1, -0.05) is 37.0 Å². The van der Waals surface area contributed by atoms with Crippen LogP contribution in [0.15, 0.2) is 36.5 Å². The van der Waals surface area contributed by atoms with Crippen LogP contribution in [0.2, 0.25) is 10.0 Å². The van der Waals surface area contributed by atoms with E-state index in [1.54, 1.807) is 37.3 Å². The van der Waals surface area contributed by atoms with Gasteiger partial charge in [-0.3, -0.25) is 0 Å². The summed E-state index contributed by atoms with van der Waals surface area (Å²) in [6.07, 6.45) is 2.23. The molecule has 0 spiro atoms. The van der Waals surface area contributed by atoms with Crippen molar-refractivity contribution in [2.24, 2.45) is 0 Å². The van der Waals surface area contributed by atoms with E-state index in [9.17, 15) is 4.79 Å². The number of halogens is 2. The first-order chi connectivity index (χ1) is 12.4. The molecule has 0 bridgehead atoms. The zero-order valence-corrected chi connectivity index (χ0v) is 16.4. The molecular formula is C19H21Cl2NO4. The Morgan fingerprint density at radius 2 is 1.73 bits per heavy atom. The van der Waals surface area contributed by atoms with Crippen LogP contribution >= 0.6 is 23.2 Å². The molecule has 0 N–H and O–H groups in total. The molecule has 0 aliphatic carbocycles. The van der Waals surface area contributed by atoms with Gasteiger partial charge in [0.05, 0.1) is 5.02 Å². The summed E-state index contributed by atoms with van der Waals surface area (Å²) >= 11 is 11.8. The number of aromatic nitrogens is 1. The van der Waals surface area contributed by atoms with E-state index >= 15 is 0 Å². The van der Waals surface area contributed by atoms with Crippen molar-refractivity contribution in [1.82, 2.24) is 4.98 Å². The standard InChI is InChI=1S/C19H21Cl2NO4/c1-4-14(5-2)26-19(23)12(3)24-15-6-8-16(9-7-15)25-18-17(21)10-13(20)11-22-18/h6-12,14H,4-5H2,1-3H3/t12-/m1/s1. The van der Waals surface area contributed by atoms with E-state index < -0.39 is 6.10 Å². The Labute approximate surface area is 163 Å². The smallest absolute Gasteiger partial charge is 0.347 e. The van der Waals surface area contributed by atoms with Gasteiger partial charge >= 0.3 is 5.97 Å². The average Bonchev–Trinajstić information content (AvgIpc) is 2.63. The lowest BCUT2D eigenvalue weighted by Crippen LogP contribution is -2.29. The third-order valence-electron chi connectivity index (χ3n) is 3.65. The van der Waals surface area contributed by atoms with E-state index in [4.69, 9.17) is 37.4 Å². The van der Waals surface area contributed by atoms with E-state index in [-0.39, 0.29) is 18.0 Å². The average molecular weight is 398 g/mol. The number of nitrogens with zero attached hydrogens (tertiary/aromatic N) is 1. The maximum Gasteiger partial charge on any atom is 0.347 e. The molecule has 140 valence electrons. The number of hydrogen-bond acceptors (Lipinski definition) is 5. The summed E-state index contributed by atoms with van der Waals surface area (Å²) in [4.78, 5) is 16.1. The number of esters is 1. The highest BCUT2D eigenvalue weighted by atomic mass is 35.5. The van der Waals surface area contributed by atoms with Crippen LogP contribution in [-0.4, -0.2) is 23.2 Å². The molecule has 7 heteroatoms. The third kappa shape index (κ3) is 5.78. The third-order valence-corrected chi connectivity index (χ3v) is 4.13. The Hall–Kier alpha value is -1.98. The van der Waals surface area contributed by atoms with Crippen LogP contribution in [0.5, 0.6) is 17.4 Å². The summed E-state index contributed by atoms with van der Waals surface area (Å²) in [5.74, 6) is 0.936. The summed E-state index contributed by atoms with van der Waals surface area (Å²) < 4.78 is 16.6. The molecule has 0 fully saturated rings. The molecule has 2 aromatic rings. The number of ether oxygens (including phenoxy) is 3. The number of carbonyl (C=O) groups excluding carboxylic acids is 1. The summed E-state index contributed by atoms with van der Waals surface area (Å²) in [5, 5.41) is 0.746. The molecule has 26 heavy (non-hydrogen) atoms. The molecule has 0 unspecified atom stereocenters. The van der Waals surface area contributed by atoms with Crippen LogP contribution in [0.1, 0.15) is 33.6 Å². The van der Waals surface area contributed by atoms with Gasteiger partial charge in [-0.2, -0.15) is 0 Å². The van der Waals surface area contributed by atoms with Crippen molar-refractivity contribution < 1.29 is 19.0 Å². The fourth-order valence-corrected chi connectivity index (χ4v) is 2.56. The second-order valence-electron chi connectivity index (χ2n) is 5.65. The molecule has 0 saturated heterocycles. The number of rotatable bonds is 8. The van der Waals surface area contributed by atoms with Crippen LogP contribution in [0.4, 0.5) is 0 Å². The Morgan fingerprint density at radius 1 is 1.12 bits per heavy atom. The van der Waals surface area contributed by atoms with Crippen LogP contribution in [-0.2, 0) is 9.53 Å². The first-order valence-corrected chi connectivity index (χ1v) is 9.14. The van der Waals surface area contributed by atoms with Gasteiger partial charge in [0.25, 0.3) is 0 Å². The number of hydrogen-bond donors (Lipinski definition) is 0. The van der Waals surface area contributed by atoms with E-state index in [1.165, 1.54) is 6.20 Å². The number of carbonyl (C=O) groups is 1. The van der Waals surface area contributed by atoms with Crippen LogP contribution in [0.25, 0.3) is 0 Å². The first kappa shape index (κ1) is 20.3. The maximum absolute atomic E-state index is 12.0. The molecule has 0 aliphatic rings. The van der Waals surface area contributed by atoms with Crippen molar-refractivity contribution in [3.63, 3.8) is 0 Å². The Morgan fingerprint density at radius 3 is 2.31 bits per heavy atom. The lowest BCUT2D eigenvalue weighted by atomic mass is 10.2. The molecule has 0 aliphatic heterocycles. The van der Waals surface area contributed by atoms with Gasteiger partial charge in [0.15, 0.2) is 6.10 Å². The molecule has 0 amide bonds. The van der Waals surface area contributed by atoms with E-state index in [1.807, 2.05) is 13.8 Å².